The fraction of sp³-hybridized carbons (Fsp3) is 0.348. The molecule has 2 aromatic carbocycles. The van der Waals surface area contributed by atoms with Crippen LogP contribution in [0.4, 0.5) is 16.2 Å². The quantitative estimate of drug-likeness (QED) is 0.627. The van der Waals surface area contributed by atoms with Gasteiger partial charge in [-0.15, -0.1) is 0 Å². The molecular weight excluding hydrogens is 448 g/mol. The summed E-state index contributed by atoms with van der Waals surface area (Å²) >= 11 is 6.02. The smallest absolute Gasteiger partial charge is 0.316 e. The number of likely N-dealkylation sites (tertiary alicyclic amines) is 1. The molecule has 2 heterocycles. The molecule has 0 aliphatic carbocycles. The number of anilines is 2. The Morgan fingerprint density at radius 2 is 1.97 bits per heavy atom. The molecule has 2 aromatic rings. The van der Waals surface area contributed by atoms with Crippen LogP contribution < -0.4 is 16.0 Å². The van der Waals surface area contributed by atoms with Crippen molar-refractivity contribution in [3.05, 3.63) is 58.6 Å². The normalized spacial score (nSPS) is 23.0. The third-order valence-electron chi connectivity index (χ3n) is 6.10. The monoisotopic (exact) mass is 472 g/mol. The van der Waals surface area contributed by atoms with Gasteiger partial charge >= 0.3 is 6.03 Å². The molecular formula is C23H25ClN4O5. The number of carbonyl (C=O) groups is 3. The van der Waals surface area contributed by atoms with Crippen LogP contribution in [0.2, 0.25) is 5.02 Å². The minimum absolute atomic E-state index is 0.0111. The van der Waals surface area contributed by atoms with E-state index in [0.29, 0.717) is 35.1 Å². The van der Waals surface area contributed by atoms with Crippen LogP contribution in [0.5, 0.6) is 0 Å². The van der Waals surface area contributed by atoms with Crippen molar-refractivity contribution in [2.24, 2.45) is 5.73 Å². The topological polar surface area (TPSA) is 125 Å². The number of primary amides is 1. The van der Waals surface area contributed by atoms with Crippen molar-refractivity contribution in [1.82, 2.24) is 4.90 Å². The number of urea groups is 1. The predicted molar refractivity (Wildman–Crippen MR) is 123 cm³/mol. The molecule has 2 atom stereocenters. The van der Waals surface area contributed by atoms with E-state index in [0.717, 1.165) is 5.56 Å². The molecule has 0 bridgehead atoms. The van der Waals surface area contributed by atoms with Crippen molar-refractivity contribution >= 4 is 40.8 Å². The molecule has 2 aliphatic heterocycles. The van der Waals surface area contributed by atoms with Gasteiger partial charge in [0.2, 0.25) is 0 Å². The summed E-state index contributed by atoms with van der Waals surface area (Å²) in [6.07, 6.45) is -0.933. The second kappa shape index (κ2) is 9.01. The van der Waals surface area contributed by atoms with Gasteiger partial charge < -0.3 is 30.7 Å². The van der Waals surface area contributed by atoms with Gasteiger partial charge in [-0.25, -0.2) is 4.79 Å². The highest BCUT2D eigenvalue weighted by atomic mass is 35.5. The Hall–Kier alpha value is -3.14. The highest BCUT2D eigenvalue weighted by Crippen LogP contribution is 2.41. The number of nitrogens with one attached hydrogen (secondary N) is 1. The summed E-state index contributed by atoms with van der Waals surface area (Å²) in [6.45, 7) is 2.69. The first kappa shape index (κ1) is 23.0. The number of aryl methyl sites for hydroxylation is 1. The van der Waals surface area contributed by atoms with Crippen molar-refractivity contribution in [3.63, 3.8) is 0 Å². The Morgan fingerprint density at radius 3 is 2.61 bits per heavy atom. The van der Waals surface area contributed by atoms with Crippen LogP contribution in [-0.2, 0) is 19.9 Å². The minimum atomic E-state index is -1.50. The largest absolute Gasteiger partial charge is 0.391 e. The summed E-state index contributed by atoms with van der Waals surface area (Å²) in [5.41, 5.74) is 6.55. The Balaban J connectivity index is 1.67. The number of morpholine rings is 1. The van der Waals surface area contributed by atoms with Crippen molar-refractivity contribution in [2.75, 3.05) is 36.5 Å². The van der Waals surface area contributed by atoms with Crippen LogP contribution in [0.15, 0.2) is 42.5 Å². The van der Waals surface area contributed by atoms with E-state index < -0.39 is 23.6 Å². The van der Waals surface area contributed by atoms with E-state index in [4.69, 9.17) is 22.1 Å². The highest BCUT2D eigenvalue weighted by molar-refractivity contribution is 6.30. The van der Waals surface area contributed by atoms with E-state index in [9.17, 15) is 19.5 Å². The van der Waals surface area contributed by atoms with Crippen LogP contribution in [0, 0.1) is 6.92 Å². The van der Waals surface area contributed by atoms with E-state index in [1.807, 2.05) is 13.0 Å². The number of nitrogens with two attached hydrogens (primary N) is 1. The first-order chi connectivity index (χ1) is 15.7. The highest BCUT2D eigenvalue weighted by Gasteiger charge is 2.54. The average molecular weight is 473 g/mol. The fourth-order valence-corrected chi connectivity index (χ4v) is 4.60. The predicted octanol–water partition coefficient (Wildman–Crippen LogP) is 1.99. The second-order valence-corrected chi connectivity index (χ2v) is 8.66. The molecule has 2 fully saturated rings. The fourth-order valence-electron chi connectivity index (χ4n) is 4.48. The molecule has 0 spiro atoms. The maximum absolute atomic E-state index is 13.7. The van der Waals surface area contributed by atoms with E-state index >= 15 is 0 Å². The summed E-state index contributed by atoms with van der Waals surface area (Å²) in [5.74, 6) is -0.630. The number of aliphatic hydroxyl groups is 1. The third-order valence-corrected chi connectivity index (χ3v) is 6.36. The van der Waals surface area contributed by atoms with Gasteiger partial charge in [0.1, 0.15) is 6.61 Å². The molecule has 0 aromatic heterocycles. The molecule has 33 heavy (non-hydrogen) atoms. The van der Waals surface area contributed by atoms with Crippen molar-refractivity contribution < 1.29 is 24.2 Å². The van der Waals surface area contributed by atoms with E-state index in [2.05, 4.69) is 5.32 Å². The average Bonchev–Trinajstić information content (AvgIpc) is 3.15. The molecule has 0 radical (unpaired) electrons. The van der Waals surface area contributed by atoms with Crippen LogP contribution in [0.3, 0.4) is 0 Å². The number of β-amino-alcohol motifs (C(OH)–C–C–N with tert-alkyl or cyclic N) is 1. The number of amides is 4. The van der Waals surface area contributed by atoms with Gasteiger partial charge in [0.05, 0.1) is 12.7 Å². The van der Waals surface area contributed by atoms with Crippen molar-refractivity contribution in [1.29, 1.82) is 0 Å². The number of aliphatic hydroxyl groups excluding tert-OH is 1. The molecule has 9 nitrogen and oxygen atoms in total. The Morgan fingerprint density at radius 1 is 1.24 bits per heavy atom. The van der Waals surface area contributed by atoms with Gasteiger partial charge in [0.15, 0.2) is 5.54 Å². The van der Waals surface area contributed by atoms with Gasteiger partial charge in [-0.1, -0.05) is 23.7 Å². The number of carbonyl (C=O) groups excluding carboxylic acids is 3. The summed E-state index contributed by atoms with van der Waals surface area (Å²) in [4.78, 5) is 40.9. The van der Waals surface area contributed by atoms with Crippen molar-refractivity contribution in [2.45, 2.75) is 25.0 Å². The van der Waals surface area contributed by atoms with E-state index in [-0.39, 0.29) is 25.5 Å². The van der Waals surface area contributed by atoms with Gasteiger partial charge in [0.25, 0.3) is 11.8 Å². The zero-order valence-electron chi connectivity index (χ0n) is 18.1. The summed E-state index contributed by atoms with van der Waals surface area (Å²) in [7, 11) is 0. The number of benzene rings is 2. The van der Waals surface area contributed by atoms with Crippen LogP contribution >= 0.6 is 11.6 Å². The number of nitrogens with zero attached hydrogens (tertiary/aromatic N) is 2. The molecule has 4 amide bonds. The zero-order valence-corrected chi connectivity index (χ0v) is 18.8. The summed E-state index contributed by atoms with van der Waals surface area (Å²) < 4.78 is 5.18. The maximum atomic E-state index is 13.7. The first-order valence-corrected chi connectivity index (χ1v) is 10.9. The van der Waals surface area contributed by atoms with Gasteiger partial charge in [-0.3, -0.25) is 9.59 Å². The SMILES string of the molecule is Cc1cc(N2CCOCC2=O)ccc1NC(=O)[C@]1(c2ccc(Cl)cc2)C[C@@H](O)CN1C(N)=O. The molecule has 4 N–H and O–H groups in total. The van der Waals surface area contributed by atoms with Gasteiger partial charge in [0, 0.05) is 35.9 Å². The summed E-state index contributed by atoms with van der Waals surface area (Å²) in [5, 5.41) is 13.7. The second-order valence-electron chi connectivity index (χ2n) is 8.23. The van der Waals surface area contributed by atoms with Gasteiger partial charge in [-0.05, 0) is 48.4 Å². The lowest BCUT2D eigenvalue weighted by atomic mass is 9.85. The van der Waals surface area contributed by atoms with Crippen LogP contribution in [0.25, 0.3) is 0 Å². The molecule has 0 unspecified atom stereocenters. The van der Waals surface area contributed by atoms with Crippen molar-refractivity contribution in [3.8, 4) is 0 Å². The lowest BCUT2D eigenvalue weighted by molar-refractivity contribution is -0.126. The Kier molecular flexibility index (Phi) is 6.29. The molecule has 10 heteroatoms. The zero-order chi connectivity index (χ0) is 23.8. The Bertz CT molecular complexity index is 1090. The van der Waals surface area contributed by atoms with E-state index in [1.165, 1.54) is 4.90 Å². The molecule has 2 aliphatic rings. The minimum Gasteiger partial charge on any atom is -0.391 e. The number of halogens is 1. The Labute approximate surface area is 196 Å². The van der Waals surface area contributed by atoms with Gasteiger partial charge in [-0.2, -0.15) is 0 Å². The number of hydrogen-bond donors (Lipinski definition) is 3. The molecule has 0 saturated carbocycles. The van der Waals surface area contributed by atoms with Crippen LogP contribution in [-0.4, -0.2) is 60.3 Å². The standard InChI is InChI=1S/C23H25ClN4O5/c1-14-10-17(27-8-9-33-13-20(27)30)6-7-19(14)26-21(31)23(15-2-4-16(24)5-3-15)11-18(29)12-28(23)22(25)32/h2-7,10,18,29H,8-9,11-13H2,1H3,(H2,25,32)(H,26,31)/t18-,23-/m1/s1. The van der Waals surface area contributed by atoms with Crippen LogP contribution in [0.1, 0.15) is 17.5 Å². The number of ether oxygens (including phenoxy) is 1. The lowest BCUT2D eigenvalue weighted by Gasteiger charge is -2.36. The number of hydrogen-bond acceptors (Lipinski definition) is 5. The molecule has 174 valence electrons. The third kappa shape index (κ3) is 4.27. The molecule has 2 saturated heterocycles. The van der Waals surface area contributed by atoms with E-state index in [1.54, 1.807) is 41.3 Å². The lowest BCUT2D eigenvalue weighted by Crippen LogP contribution is -2.54. The summed E-state index contributed by atoms with van der Waals surface area (Å²) in [6, 6.07) is 11.0. The molecule has 4 rings (SSSR count). The maximum Gasteiger partial charge on any atom is 0.316 e. The first-order valence-electron chi connectivity index (χ1n) is 10.5. The number of rotatable bonds is 4.